The minimum atomic E-state index is -0.214. The summed E-state index contributed by atoms with van der Waals surface area (Å²) in [5.74, 6) is 1.36. The third kappa shape index (κ3) is 4.70. The Balaban J connectivity index is 1.58. The van der Waals surface area contributed by atoms with Gasteiger partial charge in [-0.3, -0.25) is 4.79 Å². The van der Waals surface area contributed by atoms with Crippen molar-refractivity contribution in [2.24, 2.45) is 0 Å². The molecule has 0 aliphatic carbocycles. The van der Waals surface area contributed by atoms with E-state index >= 15 is 0 Å². The lowest BCUT2D eigenvalue weighted by molar-refractivity contribution is 0.0946. The Morgan fingerprint density at radius 1 is 1.23 bits per heavy atom. The van der Waals surface area contributed by atoms with Gasteiger partial charge in [0.25, 0.3) is 5.91 Å². The van der Waals surface area contributed by atoms with Crippen molar-refractivity contribution in [3.8, 4) is 17.1 Å². The zero-order valence-corrected chi connectivity index (χ0v) is 15.8. The van der Waals surface area contributed by atoms with Crippen LogP contribution in [0.5, 0.6) is 5.75 Å². The van der Waals surface area contributed by atoms with Gasteiger partial charge in [-0.25, -0.2) is 0 Å². The molecule has 0 atom stereocenters. The zero-order valence-electron chi connectivity index (χ0n) is 14.2. The van der Waals surface area contributed by atoms with Crippen LogP contribution < -0.4 is 10.1 Å². The van der Waals surface area contributed by atoms with Crippen LogP contribution in [0.25, 0.3) is 11.4 Å². The first kappa shape index (κ1) is 18.1. The SMILES string of the molecule is CCCOc1ccc(C(=O)NCc2nc(-c3cccc(Br)c3)no2)cc1. The van der Waals surface area contributed by atoms with Crippen LogP contribution in [-0.2, 0) is 6.54 Å². The molecule has 134 valence electrons. The van der Waals surface area contributed by atoms with Crippen molar-refractivity contribution in [2.45, 2.75) is 19.9 Å². The molecule has 3 aromatic rings. The maximum absolute atomic E-state index is 12.2. The number of carbonyl (C=O) groups excluding carboxylic acids is 1. The molecule has 1 N–H and O–H groups in total. The minimum Gasteiger partial charge on any atom is -0.494 e. The van der Waals surface area contributed by atoms with Crippen LogP contribution in [0.2, 0.25) is 0 Å². The molecule has 0 bridgehead atoms. The molecule has 0 saturated heterocycles. The number of carbonyl (C=O) groups is 1. The highest BCUT2D eigenvalue weighted by Crippen LogP contribution is 2.20. The van der Waals surface area contributed by atoms with Gasteiger partial charge in [0.2, 0.25) is 11.7 Å². The zero-order chi connectivity index (χ0) is 18.4. The van der Waals surface area contributed by atoms with E-state index < -0.39 is 0 Å². The average molecular weight is 416 g/mol. The van der Waals surface area contributed by atoms with Crippen LogP contribution in [0.1, 0.15) is 29.6 Å². The summed E-state index contributed by atoms with van der Waals surface area (Å²) < 4.78 is 11.6. The molecule has 0 fully saturated rings. The van der Waals surface area contributed by atoms with Gasteiger partial charge in [-0.2, -0.15) is 4.98 Å². The van der Waals surface area contributed by atoms with Crippen LogP contribution in [0, 0.1) is 0 Å². The number of hydrogen-bond acceptors (Lipinski definition) is 5. The molecule has 26 heavy (non-hydrogen) atoms. The first-order valence-corrected chi connectivity index (χ1v) is 9.04. The molecule has 3 rings (SSSR count). The predicted octanol–water partition coefficient (Wildman–Crippen LogP) is 4.22. The Bertz CT molecular complexity index is 878. The van der Waals surface area contributed by atoms with E-state index in [1.54, 1.807) is 24.3 Å². The van der Waals surface area contributed by atoms with Crippen molar-refractivity contribution in [1.29, 1.82) is 0 Å². The third-order valence-electron chi connectivity index (χ3n) is 3.54. The number of aromatic nitrogens is 2. The third-order valence-corrected chi connectivity index (χ3v) is 4.03. The highest BCUT2D eigenvalue weighted by atomic mass is 79.9. The fourth-order valence-corrected chi connectivity index (χ4v) is 2.65. The molecule has 7 heteroatoms. The molecular formula is C19H18BrN3O3. The summed E-state index contributed by atoms with van der Waals surface area (Å²) in [5, 5.41) is 6.71. The molecule has 0 radical (unpaired) electrons. The van der Waals surface area contributed by atoms with Gasteiger partial charge in [0.1, 0.15) is 5.75 Å². The maximum atomic E-state index is 12.2. The number of nitrogens with one attached hydrogen (secondary N) is 1. The standard InChI is InChI=1S/C19H18BrN3O3/c1-2-10-25-16-8-6-13(7-9-16)19(24)21-12-17-22-18(23-26-17)14-4-3-5-15(20)11-14/h3-9,11H,2,10,12H2,1H3,(H,21,24). The molecule has 1 heterocycles. The van der Waals surface area contributed by atoms with Gasteiger partial charge in [0.15, 0.2) is 0 Å². The van der Waals surface area contributed by atoms with Gasteiger partial charge in [0, 0.05) is 15.6 Å². The molecular weight excluding hydrogens is 398 g/mol. The molecule has 0 spiro atoms. The highest BCUT2D eigenvalue weighted by Gasteiger charge is 2.11. The summed E-state index contributed by atoms with van der Waals surface area (Å²) in [6.07, 6.45) is 0.939. The van der Waals surface area contributed by atoms with E-state index in [4.69, 9.17) is 9.26 Å². The van der Waals surface area contributed by atoms with Gasteiger partial charge in [0.05, 0.1) is 13.2 Å². The summed E-state index contributed by atoms with van der Waals surface area (Å²) in [7, 11) is 0. The van der Waals surface area contributed by atoms with E-state index in [1.165, 1.54) is 0 Å². The number of halogens is 1. The fraction of sp³-hybridized carbons (Fsp3) is 0.211. The summed E-state index contributed by atoms with van der Waals surface area (Å²) in [4.78, 5) is 16.5. The lowest BCUT2D eigenvalue weighted by atomic mass is 10.2. The Labute approximate surface area is 159 Å². The normalized spacial score (nSPS) is 10.5. The minimum absolute atomic E-state index is 0.161. The number of amides is 1. The van der Waals surface area contributed by atoms with Gasteiger partial charge in [-0.05, 0) is 42.8 Å². The first-order chi connectivity index (χ1) is 12.7. The van der Waals surface area contributed by atoms with Gasteiger partial charge in [-0.1, -0.05) is 40.1 Å². The summed E-state index contributed by atoms with van der Waals surface area (Å²) in [6, 6.07) is 14.6. The van der Waals surface area contributed by atoms with Crippen molar-refractivity contribution >= 4 is 21.8 Å². The van der Waals surface area contributed by atoms with E-state index in [-0.39, 0.29) is 12.5 Å². The molecule has 0 aliphatic rings. The van der Waals surface area contributed by atoms with Crippen LogP contribution in [0.3, 0.4) is 0 Å². The molecule has 6 nitrogen and oxygen atoms in total. The van der Waals surface area contributed by atoms with E-state index in [2.05, 4.69) is 31.4 Å². The number of rotatable bonds is 7. The molecule has 2 aromatic carbocycles. The second-order valence-corrected chi connectivity index (χ2v) is 6.49. The maximum Gasteiger partial charge on any atom is 0.251 e. The van der Waals surface area contributed by atoms with Gasteiger partial charge < -0.3 is 14.6 Å². The van der Waals surface area contributed by atoms with Gasteiger partial charge in [-0.15, -0.1) is 0 Å². The summed E-state index contributed by atoms with van der Waals surface area (Å²) in [5.41, 5.74) is 1.38. The van der Waals surface area contributed by atoms with Crippen LogP contribution in [0.15, 0.2) is 57.5 Å². The Hall–Kier alpha value is -2.67. The number of hydrogen-bond donors (Lipinski definition) is 1. The van der Waals surface area contributed by atoms with Crippen LogP contribution in [-0.4, -0.2) is 22.7 Å². The smallest absolute Gasteiger partial charge is 0.251 e. The van der Waals surface area contributed by atoms with Crippen molar-refractivity contribution in [3.05, 3.63) is 64.5 Å². The monoisotopic (exact) mass is 415 g/mol. The fourth-order valence-electron chi connectivity index (χ4n) is 2.25. The van der Waals surface area contributed by atoms with E-state index in [9.17, 15) is 4.79 Å². The van der Waals surface area contributed by atoms with Crippen LogP contribution >= 0.6 is 15.9 Å². The van der Waals surface area contributed by atoms with Crippen molar-refractivity contribution in [1.82, 2.24) is 15.5 Å². The predicted molar refractivity (Wildman–Crippen MR) is 101 cm³/mol. The van der Waals surface area contributed by atoms with Crippen molar-refractivity contribution in [2.75, 3.05) is 6.61 Å². The van der Waals surface area contributed by atoms with Crippen molar-refractivity contribution < 1.29 is 14.1 Å². The molecule has 1 aromatic heterocycles. The number of benzene rings is 2. The Morgan fingerprint density at radius 3 is 2.77 bits per heavy atom. The molecule has 0 aliphatic heterocycles. The second kappa shape index (κ2) is 8.62. The largest absolute Gasteiger partial charge is 0.494 e. The quantitative estimate of drug-likeness (QED) is 0.624. The Morgan fingerprint density at radius 2 is 2.04 bits per heavy atom. The first-order valence-electron chi connectivity index (χ1n) is 8.25. The van der Waals surface area contributed by atoms with E-state index in [0.717, 1.165) is 22.2 Å². The van der Waals surface area contributed by atoms with E-state index in [1.807, 2.05) is 31.2 Å². The number of nitrogens with zero attached hydrogens (tertiary/aromatic N) is 2. The summed E-state index contributed by atoms with van der Waals surface area (Å²) in [6.45, 7) is 2.86. The molecule has 1 amide bonds. The van der Waals surface area contributed by atoms with Crippen LogP contribution in [0.4, 0.5) is 0 Å². The topological polar surface area (TPSA) is 77.2 Å². The molecule has 0 saturated carbocycles. The van der Waals surface area contributed by atoms with Gasteiger partial charge >= 0.3 is 0 Å². The highest BCUT2D eigenvalue weighted by molar-refractivity contribution is 9.10. The second-order valence-electron chi connectivity index (χ2n) is 5.58. The average Bonchev–Trinajstić information content (AvgIpc) is 3.14. The van der Waals surface area contributed by atoms with Crippen molar-refractivity contribution in [3.63, 3.8) is 0 Å². The Kier molecular flexibility index (Phi) is 6.01. The molecule has 0 unspecified atom stereocenters. The number of ether oxygens (including phenoxy) is 1. The van der Waals surface area contributed by atoms with E-state index in [0.29, 0.717) is 23.9 Å². The summed E-state index contributed by atoms with van der Waals surface area (Å²) >= 11 is 3.41. The lowest BCUT2D eigenvalue weighted by Gasteiger charge is -2.06. The lowest BCUT2D eigenvalue weighted by Crippen LogP contribution is -2.22.